The van der Waals surface area contributed by atoms with E-state index in [0.717, 1.165) is 57.5 Å². The highest BCUT2D eigenvalue weighted by Gasteiger charge is 2.37. The normalized spacial score (nSPS) is 15.2. The number of allylic oxidation sites excluding steroid dienone is 2. The largest absolute Gasteiger partial charge is 0.497 e. The minimum Gasteiger partial charge on any atom is -0.497 e. The third-order valence-corrected chi connectivity index (χ3v) is 7.87. The van der Waals surface area contributed by atoms with Crippen molar-refractivity contribution in [2.75, 3.05) is 7.11 Å². The number of hydrogen-bond donors (Lipinski definition) is 1. The summed E-state index contributed by atoms with van der Waals surface area (Å²) in [4.78, 5) is 3.71. The van der Waals surface area contributed by atoms with Gasteiger partial charge >= 0.3 is 0 Å². The van der Waals surface area contributed by atoms with Gasteiger partial charge in [0.15, 0.2) is 0 Å². The van der Waals surface area contributed by atoms with Crippen molar-refractivity contribution in [3.63, 3.8) is 0 Å². The van der Waals surface area contributed by atoms with Gasteiger partial charge in [0.1, 0.15) is 23.5 Å². The van der Waals surface area contributed by atoms with Crippen LogP contribution in [0.4, 0.5) is 0 Å². The lowest BCUT2D eigenvalue weighted by atomic mass is 9.67. The zero-order valence-electron chi connectivity index (χ0n) is 21.7. The number of nitriles is 2. The number of aromatic nitrogens is 1. The molecule has 0 fully saturated rings. The first-order valence-corrected chi connectivity index (χ1v) is 13.2. The van der Waals surface area contributed by atoms with E-state index in [1.807, 2.05) is 36.4 Å². The second kappa shape index (κ2) is 10.4. The van der Waals surface area contributed by atoms with Gasteiger partial charge in [0.05, 0.1) is 12.8 Å². The summed E-state index contributed by atoms with van der Waals surface area (Å²) >= 11 is 0. The van der Waals surface area contributed by atoms with Crippen LogP contribution in [-0.4, -0.2) is 12.1 Å². The number of nitrogens with one attached hydrogen (secondary N) is 1. The average Bonchev–Trinajstić information content (AvgIpc) is 3.38. The molecule has 188 valence electrons. The second-order valence-electron chi connectivity index (χ2n) is 9.89. The molecule has 1 N–H and O–H groups in total. The van der Waals surface area contributed by atoms with Crippen LogP contribution in [0.1, 0.15) is 34.6 Å². The van der Waals surface area contributed by atoms with Gasteiger partial charge in [-0.05, 0) is 70.3 Å². The Hall–Kier alpha value is -5.06. The van der Waals surface area contributed by atoms with Crippen molar-refractivity contribution >= 4 is 16.5 Å². The Morgan fingerprint density at radius 2 is 1.62 bits per heavy atom. The number of benzene rings is 4. The van der Waals surface area contributed by atoms with Gasteiger partial charge in [-0.25, -0.2) is 0 Å². The molecule has 2 atom stereocenters. The van der Waals surface area contributed by atoms with Crippen LogP contribution in [0.25, 0.3) is 27.7 Å². The molecule has 1 aliphatic carbocycles. The van der Waals surface area contributed by atoms with Gasteiger partial charge in [0.25, 0.3) is 0 Å². The summed E-state index contributed by atoms with van der Waals surface area (Å²) < 4.78 is 5.66. The molecule has 0 amide bonds. The molecule has 4 heteroatoms. The topological polar surface area (TPSA) is 72.6 Å². The summed E-state index contributed by atoms with van der Waals surface area (Å²) in [6, 6.07) is 39.6. The number of ether oxygens (including phenoxy) is 1. The van der Waals surface area contributed by atoms with Gasteiger partial charge in [-0.3, -0.25) is 0 Å². The highest BCUT2D eigenvalue weighted by atomic mass is 16.5. The van der Waals surface area contributed by atoms with E-state index in [4.69, 9.17) is 4.74 Å². The molecule has 39 heavy (non-hydrogen) atoms. The molecule has 0 saturated carbocycles. The monoisotopic (exact) mass is 505 g/mol. The lowest BCUT2D eigenvalue weighted by Crippen LogP contribution is -2.23. The number of fused-ring (bicyclic) bond motifs is 2. The Morgan fingerprint density at radius 3 is 2.41 bits per heavy atom. The van der Waals surface area contributed by atoms with Crippen LogP contribution in [0, 0.1) is 28.6 Å². The lowest BCUT2D eigenvalue weighted by molar-refractivity contribution is 0.413. The highest BCUT2D eigenvalue weighted by Crippen LogP contribution is 2.51. The molecule has 0 unspecified atom stereocenters. The molecule has 0 bridgehead atoms. The fourth-order valence-corrected chi connectivity index (χ4v) is 6.21. The van der Waals surface area contributed by atoms with Crippen molar-refractivity contribution in [2.45, 2.75) is 18.8 Å². The van der Waals surface area contributed by atoms with E-state index in [2.05, 4.69) is 83.9 Å². The Kier molecular flexibility index (Phi) is 6.45. The van der Waals surface area contributed by atoms with Crippen molar-refractivity contribution in [3.05, 3.63) is 131 Å². The van der Waals surface area contributed by atoms with Crippen molar-refractivity contribution < 1.29 is 4.74 Å². The van der Waals surface area contributed by atoms with Crippen molar-refractivity contribution in [3.8, 4) is 29.1 Å². The van der Waals surface area contributed by atoms with E-state index >= 15 is 0 Å². The van der Waals surface area contributed by atoms with Crippen molar-refractivity contribution in [2.24, 2.45) is 5.92 Å². The third-order valence-electron chi connectivity index (χ3n) is 7.87. The number of hydrogen-bond acceptors (Lipinski definition) is 3. The van der Waals surface area contributed by atoms with Crippen LogP contribution in [-0.2, 0) is 6.42 Å². The molecule has 1 aliphatic rings. The molecule has 0 aliphatic heterocycles. The van der Waals surface area contributed by atoms with Gasteiger partial charge in [-0.2, -0.15) is 10.5 Å². The van der Waals surface area contributed by atoms with Crippen LogP contribution in [0.2, 0.25) is 0 Å². The lowest BCUT2D eigenvalue weighted by Gasteiger charge is -2.35. The molecule has 0 radical (unpaired) electrons. The maximum atomic E-state index is 10.1. The molecule has 1 aromatic heterocycles. The first-order valence-electron chi connectivity index (χ1n) is 13.2. The predicted molar refractivity (Wildman–Crippen MR) is 155 cm³/mol. The maximum absolute atomic E-state index is 10.1. The summed E-state index contributed by atoms with van der Waals surface area (Å²) in [7, 11) is 1.68. The number of para-hydroxylation sites is 1. The van der Waals surface area contributed by atoms with Crippen LogP contribution in [0.5, 0.6) is 5.75 Å². The fraction of sp³-hybridized carbons (Fsp3) is 0.143. The average molecular weight is 506 g/mol. The highest BCUT2D eigenvalue weighted by molar-refractivity contribution is 5.93. The first-order chi connectivity index (χ1) is 19.2. The second-order valence-corrected chi connectivity index (χ2v) is 9.89. The zero-order chi connectivity index (χ0) is 26.8. The van der Waals surface area contributed by atoms with E-state index < -0.39 is 0 Å². The molecular formula is C35H27N3O. The van der Waals surface area contributed by atoms with Crippen LogP contribution < -0.4 is 4.74 Å². The van der Waals surface area contributed by atoms with E-state index in [1.165, 1.54) is 11.1 Å². The zero-order valence-corrected chi connectivity index (χ0v) is 21.7. The first kappa shape index (κ1) is 24.3. The van der Waals surface area contributed by atoms with Crippen LogP contribution >= 0.6 is 0 Å². The minimum atomic E-state index is -0.133. The quantitative estimate of drug-likeness (QED) is 0.246. The number of nitrogens with zero attached hydrogens (tertiary/aromatic N) is 2. The van der Waals surface area contributed by atoms with Crippen LogP contribution in [0.15, 0.2) is 109 Å². The summed E-state index contributed by atoms with van der Waals surface area (Å²) in [6.45, 7) is 0. The van der Waals surface area contributed by atoms with E-state index in [1.54, 1.807) is 7.11 Å². The van der Waals surface area contributed by atoms with Gasteiger partial charge in [-0.15, -0.1) is 0 Å². The SMILES string of the molecule is COc1cccc([C@@H](c2c(-c3ccccc3)[nH]c3ccccc23)[C@H]2CCc3ccccc3C2=C(C#N)C#N)c1. The van der Waals surface area contributed by atoms with E-state index in [9.17, 15) is 10.5 Å². The van der Waals surface area contributed by atoms with Crippen LogP contribution in [0.3, 0.4) is 0 Å². The van der Waals surface area contributed by atoms with Crippen molar-refractivity contribution in [1.82, 2.24) is 4.98 Å². The summed E-state index contributed by atoms with van der Waals surface area (Å²) in [5, 5.41) is 21.4. The molecular weight excluding hydrogens is 478 g/mol. The number of methoxy groups -OCH3 is 1. The van der Waals surface area contributed by atoms with Crippen molar-refractivity contribution in [1.29, 1.82) is 10.5 Å². The molecule has 0 saturated heterocycles. The van der Waals surface area contributed by atoms with Gasteiger partial charge in [-0.1, -0.05) is 84.9 Å². The number of rotatable bonds is 5. The van der Waals surface area contributed by atoms with E-state index in [-0.39, 0.29) is 17.4 Å². The standard InChI is InChI=1S/C35H27N3O/c1-39-27-14-9-13-25(20-27)33(30-19-18-23-10-5-6-15-28(23)32(30)26(21-36)22-37)34-29-16-7-8-17-31(29)38-35(34)24-11-3-2-4-12-24/h2-17,20,30,33,38H,18-19H2,1H3/t30-,33+/m0/s1. The predicted octanol–water partition coefficient (Wildman–Crippen LogP) is 8.04. The summed E-state index contributed by atoms with van der Waals surface area (Å²) in [6.07, 6.45) is 1.69. The third kappa shape index (κ3) is 4.27. The Balaban J connectivity index is 1.70. The number of aryl methyl sites for hydroxylation is 1. The summed E-state index contributed by atoms with van der Waals surface area (Å²) in [5.41, 5.74) is 8.66. The molecule has 1 heterocycles. The molecule has 4 aromatic carbocycles. The van der Waals surface area contributed by atoms with Gasteiger partial charge in [0.2, 0.25) is 0 Å². The van der Waals surface area contributed by atoms with Gasteiger partial charge in [0, 0.05) is 16.8 Å². The Bertz CT molecular complexity index is 1770. The Labute approximate surface area is 228 Å². The summed E-state index contributed by atoms with van der Waals surface area (Å²) in [5.74, 6) is 0.551. The Morgan fingerprint density at radius 1 is 0.872 bits per heavy atom. The minimum absolute atomic E-state index is 0.0945. The molecule has 5 aromatic rings. The number of H-pyrrole nitrogens is 1. The molecule has 6 rings (SSSR count). The molecule has 0 spiro atoms. The molecule has 4 nitrogen and oxygen atoms in total. The smallest absolute Gasteiger partial charge is 0.133 e. The fourth-order valence-electron chi connectivity index (χ4n) is 6.21. The van der Waals surface area contributed by atoms with E-state index in [0.29, 0.717) is 0 Å². The van der Waals surface area contributed by atoms with Gasteiger partial charge < -0.3 is 9.72 Å². The number of aromatic amines is 1. The maximum Gasteiger partial charge on any atom is 0.133 e.